The molecule has 0 aliphatic carbocycles. The van der Waals surface area contributed by atoms with Crippen LogP contribution in [0.3, 0.4) is 0 Å². The van der Waals surface area contributed by atoms with E-state index in [9.17, 15) is 4.79 Å². The molecule has 4 nitrogen and oxygen atoms in total. The number of nitrogens with zero attached hydrogens (tertiary/aromatic N) is 2. The number of carbonyl (C=O) groups is 1. The Morgan fingerprint density at radius 1 is 1.07 bits per heavy atom. The lowest BCUT2D eigenvalue weighted by atomic mass is 10.00. The van der Waals surface area contributed by atoms with Crippen LogP contribution in [0, 0.1) is 13.8 Å². The minimum absolute atomic E-state index is 0.124. The van der Waals surface area contributed by atoms with E-state index >= 15 is 0 Å². The number of para-hydroxylation sites is 2. The highest BCUT2D eigenvalue weighted by atomic mass is 32.1. The maximum atomic E-state index is 13.7. The Kier molecular flexibility index (Phi) is 4.77. The van der Waals surface area contributed by atoms with Gasteiger partial charge in [-0.05, 0) is 49.6 Å². The van der Waals surface area contributed by atoms with Gasteiger partial charge in [-0.1, -0.05) is 55.5 Å². The Balaban J connectivity index is 1.93. The topological polar surface area (TPSA) is 46.3 Å². The summed E-state index contributed by atoms with van der Waals surface area (Å²) in [5, 5.41) is 0.664. The van der Waals surface area contributed by atoms with Gasteiger partial charge in [0.15, 0.2) is 5.13 Å². The first-order chi connectivity index (χ1) is 13.5. The van der Waals surface area contributed by atoms with E-state index in [0.29, 0.717) is 16.5 Å². The molecule has 0 saturated heterocycles. The third kappa shape index (κ3) is 3.22. The number of aryl methyl sites for hydroxylation is 2. The fourth-order valence-corrected chi connectivity index (χ4v) is 4.38. The Bertz CT molecular complexity index is 1120. The Hall–Kier alpha value is -2.92. The third-order valence-corrected chi connectivity index (χ3v) is 5.77. The van der Waals surface area contributed by atoms with Crippen molar-refractivity contribution < 1.29 is 9.21 Å². The molecule has 0 unspecified atom stereocenters. The van der Waals surface area contributed by atoms with Crippen LogP contribution in [0.25, 0.3) is 10.2 Å². The van der Waals surface area contributed by atoms with Crippen LogP contribution in [0.4, 0.5) is 10.8 Å². The zero-order valence-electron chi connectivity index (χ0n) is 16.4. The first-order valence-corrected chi connectivity index (χ1v) is 10.1. The third-order valence-electron chi connectivity index (χ3n) is 4.75. The summed E-state index contributed by atoms with van der Waals surface area (Å²) in [4.78, 5) is 20.2. The Labute approximate surface area is 168 Å². The standard InChI is InChI=1S/C23H22N2O2S/c1-14(2)17-9-5-7-11-20(17)25(22(26)18-13-15(3)27-16(18)4)23-24-19-10-6-8-12-21(19)28-23/h5-14H,1-4H3. The largest absolute Gasteiger partial charge is 0.466 e. The minimum Gasteiger partial charge on any atom is -0.466 e. The van der Waals surface area contributed by atoms with Crippen molar-refractivity contribution >= 4 is 38.3 Å². The fourth-order valence-electron chi connectivity index (χ4n) is 3.40. The van der Waals surface area contributed by atoms with Gasteiger partial charge >= 0.3 is 0 Å². The summed E-state index contributed by atoms with van der Waals surface area (Å²) in [7, 11) is 0. The first-order valence-electron chi connectivity index (χ1n) is 9.31. The van der Waals surface area contributed by atoms with Gasteiger partial charge in [-0.3, -0.25) is 9.69 Å². The minimum atomic E-state index is -0.124. The summed E-state index contributed by atoms with van der Waals surface area (Å²) < 4.78 is 6.68. The molecule has 0 N–H and O–H groups in total. The summed E-state index contributed by atoms with van der Waals surface area (Å²) >= 11 is 1.52. The van der Waals surface area contributed by atoms with E-state index in [-0.39, 0.29) is 11.8 Å². The summed E-state index contributed by atoms with van der Waals surface area (Å²) in [5.74, 6) is 1.49. The van der Waals surface area contributed by atoms with E-state index in [2.05, 4.69) is 19.9 Å². The highest BCUT2D eigenvalue weighted by molar-refractivity contribution is 7.22. The number of amides is 1. The molecule has 0 atom stereocenters. The second-order valence-electron chi connectivity index (χ2n) is 7.15. The molecule has 0 aliphatic heterocycles. The molecular formula is C23H22N2O2S. The predicted molar refractivity (Wildman–Crippen MR) is 115 cm³/mol. The van der Waals surface area contributed by atoms with Crippen LogP contribution < -0.4 is 4.90 Å². The molecule has 0 bridgehead atoms. The molecule has 1 amide bonds. The number of rotatable bonds is 4. The van der Waals surface area contributed by atoms with Crippen molar-refractivity contribution in [1.29, 1.82) is 0 Å². The molecule has 0 fully saturated rings. The van der Waals surface area contributed by atoms with Crippen molar-refractivity contribution in [2.45, 2.75) is 33.6 Å². The van der Waals surface area contributed by atoms with Crippen molar-refractivity contribution in [2.24, 2.45) is 0 Å². The molecule has 28 heavy (non-hydrogen) atoms. The molecule has 0 radical (unpaired) electrons. The maximum Gasteiger partial charge on any atom is 0.268 e. The molecular weight excluding hydrogens is 368 g/mol. The average Bonchev–Trinajstić information content (AvgIpc) is 3.24. The van der Waals surface area contributed by atoms with E-state index in [1.165, 1.54) is 11.3 Å². The van der Waals surface area contributed by atoms with Gasteiger partial charge in [0.05, 0.1) is 21.5 Å². The van der Waals surface area contributed by atoms with Gasteiger partial charge in [-0.15, -0.1) is 0 Å². The molecule has 0 spiro atoms. The molecule has 2 heterocycles. The van der Waals surface area contributed by atoms with Crippen molar-refractivity contribution in [2.75, 3.05) is 4.90 Å². The summed E-state index contributed by atoms with van der Waals surface area (Å²) in [6.07, 6.45) is 0. The van der Waals surface area contributed by atoms with Crippen molar-refractivity contribution in [3.8, 4) is 0 Å². The number of thiazole rings is 1. The van der Waals surface area contributed by atoms with E-state index in [1.807, 2.05) is 56.3 Å². The van der Waals surface area contributed by atoms with Crippen LogP contribution >= 0.6 is 11.3 Å². The lowest BCUT2D eigenvalue weighted by Crippen LogP contribution is -2.27. The Morgan fingerprint density at radius 3 is 2.46 bits per heavy atom. The number of fused-ring (bicyclic) bond motifs is 1. The van der Waals surface area contributed by atoms with E-state index in [4.69, 9.17) is 9.40 Å². The normalized spacial score (nSPS) is 11.3. The second kappa shape index (κ2) is 7.24. The SMILES string of the molecule is Cc1cc(C(=O)N(c2nc3ccccc3s2)c2ccccc2C(C)C)c(C)o1. The lowest BCUT2D eigenvalue weighted by Gasteiger charge is -2.24. The van der Waals surface area contributed by atoms with Crippen molar-refractivity contribution in [3.05, 3.63) is 77.2 Å². The number of carbonyl (C=O) groups excluding carboxylic acids is 1. The molecule has 5 heteroatoms. The second-order valence-corrected chi connectivity index (χ2v) is 8.15. The van der Waals surface area contributed by atoms with Gasteiger partial charge < -0.3 is 4.42 Å². The van der Waals surface area contributed by atoms with Gasteiger partial charge in [0, 0.05) is 0 Å². The number of anilines is 2. The zero-order chi connectivity index (χ0) is 19.8. The molecule has 2 aromatic heterocycles. The van der Waals surface area contributed by atoms with Crippen LogP contribution in [-0.2, 0) is 0 Å². The molecule has 142 valence electrons. The van der Waals surface area contributed by atoms with Gasteiger partial charge in [-0.25, -0.2) is 4.98 Å². The zero-order valence-corrected chi connectivity index (χ0v) is 17.2. The van der Waals surface area contributed by atoms with Crippen LogP contribution in [0.2, 0.25) is 0 Å². The summed E-state index contributed by atoms with van der Waals surface area (Å²) in [6.45, 7) is 7.94. The van der Waals surface area contributed by atoms with Gasteiger partial charge in [0.25, 0.3) is 5.91 Å². The van der Waals surface area contributed by atoms with Gasteiger partial charge in [0.2, 0.25) is 0 Å². The smallest absolute Gasteiger partial charge is 0.268 e. The van der Waals surface area contributed by atoms with Crippen molar-refractivity contribution in [3.63, 3.8) is 0 Å². The quantitative estimate of drug-likeness (QED) is 0.394. The van der Waals surface area contributed by atoms with E-state index in [1.54, 1.807) is 11.0 Å². The number of hydrogen-bond donors (Lipinski definition) is 0. The Morgan fingerprint density at radius 2 is 1.79 bits per heavy atom. The molecule has 4 aromatic rings. The highest BCUT2D eigenvalue weighted by Gasteiger charge is 2.28. The van der Waals surface area contributed by atoms with Gasteiger partial charge in [0.1, 0.15) is 11.5 Å². The predicted octanol–water partition coefficient (Wildman–Crippen LogP) is 6.61. The monoisotopic (exact) mass is 390 g/mol. The fraction of sp³-hybridized carbons (Fsp3) is 0.217. The lowest BCUT2D eigenvalue weighted by molar-refractivity contribution is 0.0997. The number of benzene rings is 2. The molecule has 0 aliphatic rings. The van der Waals surface area contributed by atoms with Gasteiger partial charge in [-0.2, -0.15) is 0 Å². The van der Waals surface area contributed by atoms with E-state index < -0.39 is 0 Å². The molecule has 0 saturated carbocycles. The average molecular weight is 391 g/mol. The maximum absolute atomic E-state index is 13.7. The number of furan rings is 1. The van der Waals surface area contributed by atoms with Crippen LogP contribution in [0.5, 0.6) is 0 Å². The summed E-state index contributed by atoms with van der Waals surface area (Å²) in [6, 6.07) is 17.8. The highest BCUT2D eigenvalue weighted by Crippen LogP contribution is 2.38. The first kappa shape index (κ1) is 18.4. The number of aromatic nitrogens is 1. The van der Waals surface area contributed by atoms with Crippen molar-refractivity contribution in [1.82, 2.24) is 4.98 Å². The van der Waals surface area contributed by atoms with Crippen LogP contribution in [0.1, 0.15) is 47.2 Å². The van der Waals surface area contributed by atoms with Crippen LogP contribution in [-0.4, -0.2) is 10.9 Å². The molecule has 2 aromatic carbocycles. The molecule has 4 rings (SSSR count). The number of hydrogen-bond acceptors (Lipinski definition) is 4. The summed E-state index contributed by atoms with van der Waals surface area (Å²) in [5.41, 5.74) is 3.42. The van der Waals surface area contributed by atoms with E-state index in [0.717, 1.165) is 27.2 Å². The van der Waals surface area contributed by atoms with Crippen LogP contribution in [0.15, 0.2) is 59.0 Å².